The molecule has 8 nitrogen and oxygen atoms in total. The van der Waals surface area contributed by atoms with Gasteiger partial charge < -0.3 is 15.0 Å². The molecule has 2 aromatic heterocycles. The number of aromatic nitrogens is 3. The van der Waals surface area contributed by atoms with Crippen LogP contribution in [0.5, 0.6) is 5.75 Å². The number of nitrogens with zero attached hydrogens (tertiary/aromatic N) is 4. The first-order valence-electron chi connectivity index (χ1n) is 12.4. The van der Waals surface area contributed by atoms with E-state index in [0.29, 0.717) is 30.2 Å². The Morgan fingerprint density at radius 2 is 1.76 bits per heavy atom. The molecule has 5 rings (SSSR count). The Balaban J connectivity index is 1.17. The molecule has 9 heteroatoms. The molecule has 2 amide bonds. The lowest BCUT2D eigenvalue weighted by Gasteiger charge is -2.31. The Labute approximate surface area is 219 Å². The average molecular weight is 516 g/mol. The third kappa shape index (κ3) is 5.72. The molecule has 0 unspecified atom stereocenters. The van der Waals surface area contributed by atoms with Crippen molar-refractivity contribution in [2.45, 2.75) is 38.7 Å². The molecule has 0 bridgehead atoms. The summed E-state index contributed by atoms with van der Waals surface area (Å²) in [6.45, 7) is 5.27. The van der Waals surface area contributed by atoms with Crippen molar-refractivity contribution in [1.29, 1.82) is 0 Å². The van der Waals surface area contributed by atoms with E-state index in [0.717, 1.165) is 29.3 Å². The fourth-order valence-electron chi connectivity index (χ4n) is 4.39. The standard InChI is InChI=1S/C28H29N5O3S/c1-19(2)36-23-10-8-21(9-11-23)28(35)32-16-13-20(14-17-32)27-30-24(18-37-27)26(34)31-25-12-15-29-33(25)22-6-4-3-5-7-22/h3-12,15,18-20H,13-14,16-17H2,1-2H3,(H,31,34). The number of amides is 2. The summed E-state index contributed by atoms with van der Waals surface area (Å²) >= 11 is 1.50. The van der Waals surface area contributed by atoms with Crippen LogP contribution in [0, 0.1) is 0 Å². The van der Waals surface area contributed by atoms with Gasteiger partial charge in [0.2, 0.25) is 0 Å². The van der Waals surface area contributed by atoms with Crippen LogP contribution in [0.2, 0.25) is 0 Å². The van der Waals surface area contributed by atoms with Gasteiger partial charge in [-0.2, -0.15) is 5.10 Å². The third-order valence-corrected chi connectivity index (χ3v) is 7.25. The molecule has 0 spiro atoms. The van der Waals surface area contributed by atoms with Gasteiger partial charge in [-0.25, -0.2) is 9.67 Å². The summed E-state index contributed by atoms with van der Waals surface area (Å²) < 4.78 is 7.35. The zero-order valence-corrected chi connectivity index (χ0v) is 21.6. The van der Waals surface area contributed by atoms with Gasteiger partial charge in [0.1, 0.15) is 17.3 Å². The van der Waals surface area contributed by atoms with Crippen LogP contribution in [0.25, 0.3) is 5.69 Å². The normalized spacial score (nSPS) is 14.1. The predicted molar refractivity (Wildman–Crippen MR) is 144 cm³/mol. The van der Waals surface area contributed by atoms with Gasteiger partial charge in [-0.3, -0.25) is 9.59 Å². The van der Waals surface area contributed by atoms with Gasteiger partial charge in [-0.1, -0.05) is 18.2 Å². The molecule has 190 valence electrons. The van der Waals surface area contributed by atoms with Crippen molar-refractivity contribution < 1.29 is 14.3 Å². The van der Waals surface area contributed by atoms with Gasteiger partial charge in [0.25, 0.3) is 11.8 Å². The number of ether oxygens (including phenoxy) is 1. The van der Waals surface area contributed by atoms with Crippen molar-refractivity contribution in [2.24, 2.45) is 0 Å². The Morgan fingerprint density at radius 1 is 1.03 bits per heavy atom. The highest BCUT2D eigenvalue weighted by molar-refractivity contribution is 7.10. The molecule has 3 heterocycles. The zero-order chi connectivity index (χ0) is 25.8. The van der Waals surface area contributed by atoms with E-state index in [4.69, 9.17) is 4.74 Å². The maximum Gasteiger partial charge on any atom is 0.276 e. The fourth-order valence-corrected chi connectivity index (χ4v) is 5.36. The molecular weight excluding hydrogens is 486 g/mol. The van der Waals surface area contributed by atoms with Crippen LogP contribution >= 0.6 is 11.3 Å². The van der Waals surface area contributed by atoms with E-state index in [1.54, 1.807) is 22.3 Å². The second-order valence-electron chi connectivity index (χ2n) is 9.25. The minimum Gasteiger partial charge on any atom is -0.491 e. The summed E-state index contributed by atoms with van der Waals surface area (Å²) in [5.41, 5.74) is 1.92. The molecule has 1 aliphatic heterocycles. The van der Waals surface area contributed by atoms with Crippen LogP contribution in [-0.2, 0) is 0 Å². The number of hydrogen-bond acceptors (Lipinski definition) is 6. The van der Waals surface area contributed by atoms with E-state index in [9.17, 15) is 9.59 Å². The Morgan fingerprint density at radius 3 is 2.46 bits per heavy atom. The smallest absolute Gasteiger partial charge is 0.276 e. The number of carbonyl (C=O) groups excluding carboxylic acids is 2. The van der Waals surface area contributed by atoms with E-state index in [1.165, 1.54) is 11.3 Å². The molecule has 0 radical (unpaired) electrons. The number of nitrogens with one attached hydrogen (secondary N) is 1. The van der Waals surface area contributed by atoms with E-state index < -0.39 is 0 Å². The molecule has 0 saturated carbocycles. The summed E-state index contributed by atoms with van der Waals surface area (Å²) in [6.07, 6.45) is 3.37. The molecule has 4 aromatic rings. The van der Waals surface area contributed by atoms with Crippen LogP contribution in [-0.4, -0.2) is 50.7 Å². The minimum atomic E-state index is -0.266. The van der Waals surface area contributed by atoms with Crippen molar-refractivity contribution in [3.63, 3.8) is 0 Å². The van der Waals surface area contributed by atoms with Crippen molar-refractivity contribution in [2.75, 3.05) is 18.4 Å². The molecule has 1 fully saturated rings. The van der Waals surface area contributed by atoms with E-state index in [1.807, 2.05) is 73.3 Å². The SMILES string of the molecule is CC(C)Oc1ccc(C(=O)N2CCC(c3nc(C(=O)Nc4ccnn4-c4ccccc4)cs3)CC2)cc1. The fraction of sp³-hybridized carbons (Fsp3) is 0.286. The van der Waals surface area contributed by atoms with E-state index in [-0.39, 0.29) is 23.8 Å². The van der Waals surface area contributed by atoms with Gasteiger partial charge in [0, 0.05) is 36.0 Å². The van der Waals surface area contributed by atoms with Gasteiger partial charge >= 0.3 is 0 Å². The largest absolute Gasteiger partial charge is 0.491 e. The predicted octanol–water partition coefficient (Wildman–Crippen LogP) is 5.39. The van der Waals surface area contributed by atoms with Crippen LogP contribution < -0.4 is 10.1 Å². The first-order valence-corrected chi connectivity index (χ1v) is 13.3. The first-order chi connectivity index (χ1) is 18.0. The quantitative estimate of drug-likeness (QED) is 0.357. The lowest BCUT2D eigenvalue weighted by atomic mass is 9.97. The number of para-hydroxylation sites is 1. The number of benzene rings is 2. The highest BCUT2D eigenvalue weighted by atomic mass is 32.1. The van der Waals surface area contributed by atoms with E-state index in [2.05, 4.69) is 15.4 Å². The number of rotatable bonds is 7. The number of piperidine rings is 1. The number of carbonyl (C=O) groups is 2. The van der Waals surface area contributed by atoms with Gasteiger partial charge in [-0.05, 0) is 63.1 Å². The molecule has 0 aliphatic carbocycles. The highest BCUT2D eigenvalue weighted by Crippen LogP contribution is 2.31. The lowest BCUT2D eigenvalue weighted by Crippen LogP contribution is -2.37. The number of likely N-dealkylation sites (tertiary alicyclic amines) is 1. The monoisotopic (exact) mass is 515 g/mol. The lowest BCUT2D eigenvalue weighted by molar-refractivity contribution is 0.0713. The summed E-state index contributed by atoms with van der Waals surface area (Å²) in [4.78, 5) is 32.4. The van der Waals surface area contributed by atoms with Gasteiger partial charge in [-0.15, -0.1) is 11.3 Å². The van der Waals surface area contributed by atoms with Crippen molar-refractivity contribution in [1.82, 2.24) is 19.7 Å². The molecule has 1 aliphatic rings. The average Bonchev–Trinajstić information content (AvgIpc) is 3.59. The summed E-state index contributed by atoms with van der Waals surface area (Å²) in [7, 11) is 0. The summed E-state index contributed by atoms with van der Waals surface area (Å²) in [5.74, 6) is 1.34. The maximum atomic E-state index is 13.0. The molecule has 2 aromatic carbocycles. The second kappa shape index (κ2) is 11.0. The number of anilines is 1. The number of hydrogen-bond donors (Lipinski definition) is 1. The van der Waals surface area contributed by atoms with Crippen LogP contribution in [0.1, 0.15) is 58.5 Å². The molecular formula is C28H29N5O3S. The summed E-state index contributed by atoms with van der Waals surface area (Å²) in [5, 5.41) is 9.97. The van der Waals surface area contributed by atoms with Crippen LogP contribution in [0.15, 0.2) is 72.2 Å². The van der Waals surface area contributed by atoms with Crippen LogP contribution in [0.4, 0.5) is 5.82 Å². The Kier molecular flexibility index (Phi) is 7.32. The van der Waals surface area contributed by atoms with Crippen molar-refractivity contribution in [3.05, 3.63) is 88.5 Å². The Bertz CT molecular complexity index is 1360. The highest BCUT2D eigenvalue weighted by Gasteiger charge is 2.27. The molecule has 37 heavy (non-hydrogen) atoms. The second-order valence-corrected chi connectivity index (χ2v) is 10.1. The zero-order valence-electron chi connectivity index (χ0n) is 20.8. The van der Waals surface area contributed by atoms with Crippen LogP contribution in [0.3, 0.4) is 0 Å². The third-order valence-electron chi connectivity index (χ3n) is 6.24. The molecule has 1 saturated heterocycles. The van der Waals surface area contributed by atoms with E-state index >= 15 is 0 Å². The first kappa shape index (κ1) is 24.7. The van der Waals surface area contributed by atoms with Gasteiger partial charge in [0.15, 0.2) is 0 Å². The van der Waals surface area contributed by atoms with Gasteiger partial charge in [0.05, 0.1) is 23.0 Å². The Hall–Kier alpha value is -3.98. The molecule has 0 atom stereocenters. The van der Waals surface area contributed by atoms with Crippen molar-refractivity contribution in [3.8, 4) is 11.4 Å². The summed E-state index contributed by atoms with van der Waals surface area (Å²) in [6, 6.07) is 18.7. The minimum absolute atomic E-state index is 0.0313. The molecule has 1 N–H and O–H groups in total. The maximum absolute atomic E-state index is 13.0. The number of thiazole rings is 1. The van der Waals surface area contributed by atoms with Crippen molar-refractivity contribution >= 4 is 29.0 Å². The topological polar surface area (TPSA) is 89.3 Å².